The summed E-state index contributed by atoms with van der Waals surface area (Å²) < 4.78 is 0. The number of rotatable bonds is 4. The van der Waals surface area contributed by atoms with E-state index in [4.69, 9.17) is 0 Å². The van der Waals surface area contributed by atoms with Crippen molar-refractivity contribution in [2.45, 2.75) is 27.2 Å². The van der Waals surface area contributed by atoms with E-state index in [0.29, 0.717) is 0 Å². The van der Waals surface area contributed by atoms with Crippen LogP contribution in [-0.4, -0.2) is 16.7 Å². The van der Waals surface area contributed by atoms with Crippen LogP contribution in [0, 0.1) is 13.8 Å². The summed E-state index contributed by atoms with van der Waals surface area (Å²) in [6.45, 7) is 7.26. The van der Waals surface area contributed by atoms with Crippen LogP contribution < -0.4 is 5.32 Å². The molecule has 2 aromatic rings. The molecule has 3 heteroatoms. The van der Waals surface area contributed by atoms with Gasteiger partial charge in [0.25, 0.3) is 0 Å². The van der Waals surface area contributed by atoms with E-state index < -0.39 is 0 Å². The smallest absolute Gasteiger partial charge is 0.151 e. The molecule has 0 aliphatic heterocycles. The van der Waals surface area contributed by atoms with E-state index in [-0.39, 0.29) is 0 Å². The molecule has 0 radical (unpaired) electrons. The molecule has 3 nitrogen and oxygen atoms in total. The van der Waals surface area contributed by atoms with Crippen molar-refractivity contribution < 1.29 is 0 Å². The molecule has 0 spiro atoms. The summed E-state index contributed by atoms with van der Waals surface area (Å²) in [5, 5.41) is 12.0. The van der Waals surface area contributed by atoms with Gasteiger partial charge in [0, 0.05) is 12.1 Å². The van der Waals surface area contributed by atoms with Crippen LogP contribution in [0.25, 0.3) is 11.3 Å². The molecule has 0 atom stereocenters. The van der Waals surface area contributed by atoms with Gasteiger partial charge in [0.2, 0.25) is 0 Å². The van der Waals surface area contributed by atoms with E-state index in [2.05, 4.69) is 48.4 Å². The third-order valence-corrected chi connectivity index (χ3v) is 3.11. The third-order valence-electron chi connectivity index (χ3n) is 3.11. The molecule has 1 heterocycles. The lowest BCUT2D eigenvalue weighted by Gasteiger charge is -2.12. The Bertz CT molecular complexity index is 521. The monoisotopic (exact) mass is 241 g/mol. The van der Waals surface area contributed by atoms with Crippen molar-refractivity contribution >= 4 is 5.82 Å². The largest absolute Gasteiger partial charge is 0.368 e. The lowest BCUT2D eigenvalue weighted by Crippen LogP contribution is -2.07. The van der Waals surface area contributed by atoms with Crippen molar-refractivity contribution in [2.24, 2.45) is 0 Å². The SMILES string of the molecule is CCCNc1nnc(-c2ccccc2)c(C)c1C. The predicted octanol–water partition coefficient (Wildman–Crippen LogP) is 3.58. The summed E-state index contributed by atoms with van der Waals surface area (Å²) in [5.74, 6) is 0.897. The zero-order valence-electron chi connectivity index (χ0n) is 11.2. The van der Waals surface area contributed by atoms with Crippen LogP contribution >= 0.6 is 0 Å². The topological polar surface area (TPSA) is 37.8 Å². The molecule has 0 unspecified atom stereocenters. The molecule has 0 fully saturated rings. The van der Waals surface area contributed by atoms with E-state index in [1.165, 1.54) is 11.1 Å². The van der Waals surface area contributed by atoms with Crippen molar-refractivity contribution in [3.8, 4) is 11.3 Å². The van der Waals surface area contributed by atoms with Gasteiger partial charge < -0.3 is 5.32 Å². The molecule has 1 aromatic carbocycles. The summed E-state index contributed by atoms with van der Waals surface area (Å²) in [4.78, 5) is 0. The summed E-state index contributed by atoms with van der Waals surface area (Å²) in [6.07, 6.45) is 1.08. The zero-order chi connectivity index (χ0) is 13.0. The van der Waals surface area contributed by atoms with Crippen LogP contribution in [0.2, 0.25) is 0 Å². The molecule has 0 aliphatic rings. The van der Waals surface area contributed by atoms with Crippen molar-refractivity contribution in [2.75, 3.05) is 11.9 Å². The number of hydrogen-bond acceptors (Lipinski definition) is 3. The minimum Gasteiger partial charge on any atom is -0.368 e. The highest BCUT2D eigenvalue weighted by molar-refractivity contribution is 5.66. The van der Waals surface area contributed by atoms with E-state index in [1.54, 1.807) is 0 Å². The molecule has 1 N–H and O–H groups in total. The standard InChI is InChI=1S/C15H19N3/c1-4-10-16-15-12(3)11(2)14(17-18-15)13-8-6-5-7-9-13/h5-9H,4,10H2,1-3H3,(H,16,18). The van der Waals surface area contributed by atoms with Crippen LogP contribution in [0.5, 0.6) is 0 Å². The summed E-state index contributed by atoms with van der Waals surface area (Å²) in [5.41, 5.74) is 4.45. The van der Waals surface area contributed by atoms with E-state index >= 15 is 0 Å². The normalized spacial score (nSPS) is 10.4. The second-order valence-electron chi connectivity index (χ2n) is 4.44. The maximum Gasteiger partial charge on any atom is 0.151 e. The van der Waals surface area contributed by atoms with E-state index in [0.717, 1.165) is 30.0 Å². The summed E-state index contributed by atoms with van der Waals surface area (Å²) >= 11 is 0. The Hall–Kier alpha value is -1.90. The maximum absolute atomic E-state index is 4.35. The van der Waals surface area contributed by atoms with Gasteiger partial charge in [-0.3, -0.25) is 0 Å². The predicted molar refractivity (Wildman–Crippen MR) is 75.7 cm³/mol. The molecule has 94 valence electrons. The molecule has 0 bridgehead atoms. The lowest BCUT2D eigenvalue weighted by atomic mass is 10.0. The first-order valence-corrected chi connectivity index (χ1v) is 6.37. The summed E-state index contributed by atoms with van der Waals surface area (Å²) in [6, 6.07) is 10.2. The van der Waals surface area contributed by atoms with Gasteiger partial charge in [-0.2, -0.15) is 0 Å². The second kappa shape index (κ2) is 5.63. The fraction of sp³-hybridized carbons (Fsp3) is 0.333. The molecule has 0 aliphatic carbocycles. The van der Waals surface area contributed by atoms with Crippen molar-refractivity contribution in [3.63, 3.8) is 0 Å². The van der Waals surface area contributed by atoms with Gasteiger partial charge in [-0.05, 0) is 31.4 Å². The van der Waals surface area contributed by atoms with Gasteiger partial charge >= 0.3 is 0 Å². The highest BCUT2D eigenvalue weighted by Crippen LogP contribution is 2.25. The third kappa shape index (κ3) is 2.50. The Kier molecular flexibility index (Phi) is 3.92. The Balaban J connectivity index is 2.38. The van der Waals surface area contributed by atoms with Gasteiger partial charge in [0.05, 0.1) is 5.69 Å². The van der Waals surface area contributed by atoms with Gasteiger partial charge in [-0.25, -0.2) is 0 Å². The number of benzene rings is 1. The first kappa shape index (κ1) is 12.6. The van der Waals surface area contributed by atoms with Crippen molar-refractivity contribution in [3.05, 3.63) is 41.5 Å². The average Bonchev–Trinajstić information content (AvgIpc) is 2.41. The number of nitrogens with one attached hydrogen (secondary N) is 1. The van der Waals surface area contributed by atoms with Crippen LogP contribution in [0.3, 0.4) is 0 Å². The highest BCUT2D eigenvalue weighted by atomic mass is 15.2. The summed E-state index contributed by atoms with van der Waals surface area (Å²) in [7, 11) is 0. The van der Waals surface area contributed by atoms with Gasteiger partial charge in [-0.15, -0.1) is 10.2 Å². The Labute approximate surface area is 108 Å². The molecule has 0 saturated carbocycles. The van der Waals surface area contributed by atoms with Crippen LogP contribution in [-0.2, 0) is 0 Å². The minimum atomic E-state index is 0.897. The fourth-order valence-electron chi connectivity index (χ4n) is 1.89. The van der Waals surface area contributed by atoms with Crippen LogP contribution in [0.4, 0.5) is 5.82 Å². The second-order valence-corrected chi connectivity index (χ2v) is 4.44. The quantitative estimate of drug-likeness (QED) is 0.889. The fourth-order valence-corrected chi connectivity index (χ4v) is 1.89. The first-order chi connectivity index (χ1) is 8.74. The number of hydrogen-bond donors (Lipinski definition) is 1. The molecule has 0 saturated heterocycles. The lowest BCUT2D eigenvalue weighted by molar-refractivity contribution is 0.933. The number of anilines is 1. The van der Waals surface area contributed by atoms with Crippen LogP contribution in [0.15, 0.2) is 30.3 Å². The Morgan fingerprint density at radius 2 is 1.72 bits per heavy atom. The molecule has 2 rings (SSSR count). The molecule has 1 aromatic heterocycles. The van der Waals surface area contributed by atoms with E-state index in [9.17, 15) is 0 Å². The molecule has 18 heavy (non-hydrogen) atoms. The van der Waals surface area contributed by atoms with Crippen molar-refractivity contribution in [1.29, 1.82) is 0 Å². The number of nitrogens with zero attached hydrogens (tertiary/aromatic N) is 2. The average molecular weight is 241 g/mol. The molecular formula is C15H19N3. The zero-order valence-corrected chi connectivity index (χ0v) is 11.2. The Morgan fingerprint density at radius 3 is 2.39 bits per heavy atom. The molecular weight excluding hydrogens is 222 g/mol. The highest BCUT2D eigenvalue weighted by Gasteiger charge is 2.10. The van der Waals surface area contributed by atoms with Crippen molar-refractivity contribution in [1.82, 2.24) is 10.2 Å². The van der Waals surface area contributed by atoms with Gasteiger partial charge in [0.15, 0.2) is 5.82 Å². The van der Waals surface area contributed by atoms with E-state index in [1.807, 2.05) is 18.2 Å². The van der Waals surface area contributed by atoms with Gasteiger partial charge in [0.1, 0.15) is 0 Å². The van der Waals surface area contributed by atoms with Crippen LogP contribution in [0.1, 0.15) is 24.5 Å². The first-order valence-electron chi connectivity index (χ1n) is 6.37. The Morgan fingerprint density at radius 1 is 1.00 bits per heavy atom. The molecule has 0 amide bonds. The van der Waals surface area contributed by atoms with Gasteiger partial charge in [-0.1, -0.05) is 37.3 Å². The minimum absolute atomic E-state index is 0.897. The number of aromatic nitrogens is 2. The maximum atomic E-state index is 4.35.